The number of hydrogen-bond acceptors (Lipinski definition) is 6. The number of nitrogens with zero attached hydrogens (tertiary/aromatic N) is 3. The molecule has 0 radical (unpaired) electrons. The van der Waals surface area contributed by atoms with E-state index in [1.54, 1.807) is 5.38 Å². The van der Waals surface area contributed by atoms with Crippen molar-refractivity contribution < 1.29 is 4.79 Å². The number of anilines is 1. The first-order valence-electron chi connectivity index (χ1n) is 5.17. The lowest BCUT2D eigenvalue weighted by Gasteiger charge is -2.04. The molecule has 0 aliphatic carbocycles. The number of nitrogens with one attached hydrogen (secondary N) is 1. The average Bonchev–Trinajstić information content (AvgIpc) is 2.82. The van der Waals surface area contributed by atoms with E-state index in [0.717, 1.165) is 0 Å². The first-order valence-corrected chi connectivity index (χ1v) is 7.64. The zero-order valence-electron chi connectivity index (χ0n) is 9.72. The molecule has 0 fully saturated rings. The van der Waals surface area contributed by atoms with Gasteiger partial charge in [-0.05, 0) is 38.8 Å². The Bertz CT molecular complexity index is 616. The molecular formula is C10H9Br2N5OS. The Hall–Kier alpha value is -0.900. The Morgan fingerprint density at radius 3 is 2.79 bits per heavy atom. The summed E-state index contributed by atoms with van der Waals surface area (Å²) in [6, 6.07) is -0.189. The van der Waals surface area contributed by atoms with Gasteiger partial charge >= 0.3 is 0 Å². The molecule has 3 N–H and O–H groups in total. The van der Waals surface area contributed by atoms with Gasteiger partial charge in [-0.25, -0.2) is 15.0 Å². The first-order chi connectivity index (χ1) is 8.97. The summed E-state index contributed by atoms with van der Waals surface area (Å²) in [5, 5.41) is 5.00. The number of nitrogens with two attached hydrogens (primary N) is 1. The van der Waals surface area contributed by atoms with E-state index in [0.29, 0.717) is 25.7 Å². The quantitative estimate of drug-likeness (QED) is 0.817. The number of thiazole rings is 1. The minimum atomic E-state index is -0.347. The Labute approximate surface area is 130 Å². The van der Waals surface area contributed by atoms with E-state index in [9.17, 15) is 4.79 Å². The maximum atomic E-state index is 12.0. The summed E-state index contributed by atoms with van der Waals surface area (Å²) in [5.41, 5.74) is 6.02. The molecule has 2 aromatic rings. The van der Waals surface area contributed by atoms with Gasteiger partial charge in [-0.2, -0.15) is 0 Å². The molecule has 0 aromatic carbocycles. The molecule has 2 heterocycles. The van der Waals surface area contributed by atoms with Crippen LogP contribution in [0.25, 0.3) is 0 Å². The van der Waals surface area contributed by atoms with Crippen LogP contribution in [0.5, 0.6) is 0 Å². The van der Waals surface area contributed by atoms with Crippen molar-refractivity contribution in [1.29, 1.82) is 0 Å². The molecule has 19 heavy (non-hydrogen) atoms. The molecule has 2 aromatic heterocycles. The number of aromatic nitrogens is 3. The van der Waals surface area contributed by atoms with E-state index in [1.807, 2.05) is 6.92 Å². The van der Waals surface area contributed by atoms with Crippen molar-refractivity contribution in [2.24, 2.45) is 5.73 Å². The molecule has 2 rings (SSSR count). The van der Waals surface area contributed by atoms with Crippen molar-refractivity contribution in [2.45, 2.75) is 13.0 Å². The van der Waals surface area contributed by atoms with Crippen molar-refractivity contribution in [3.05, 3.63) is 31.5 Å². The van der Waals surface area contributed by atoms with Gasteiger partial charge in [0.25, 0.3) is 5.91 Å². The summed E-state index contributed by atoms with van der Waals surface area (Å²) in [4.78, 5) is 24.3. The second kappa shape index (κ2) is 6.04. The van der Waals surface area contributed by atoms with Crippen molar-refractivity contribution in [2.75, 3.05) is 5.32 Å². The first kappa shape index (κ1) is 14.5. The molecule has 0 bridgehead atoms. The van der Waals surface area contributed by atoms with Gasteiger partial charge in [-0.15, -0.1) is 11.3 Å². The smallest absolute Gasteiger partial charge is 0.276 e. The van der Waals surface area contributed by atoms with Crippen molar-refractivity contribution in [3.63, 3.8) is 0 Å². The largest absolute Gasteiger partial charge is 0.322 e. The van der Waals surface area contributed by atoms with Gasteiger partial charge in [0.2, 0.25) is 0 Å². The molecule has 0 aliphatic rings. The highest BCUT2D eigenvalue weighted by Crippen LogP contribution is 2.21. The fourth-order valence-electron chi connectivity index (χ4n) is 1.20. The highest BCUT2D eigenvalue weighted by atomic mass is 79.9. The molecule has 1 amide bonds. The third-order valence-electron chi connectivity index (χ3n) is 2.08. The van der Waals surface area contributed by atoms with Crippen LogP contribution in [-0.2, 0) is 0 Å². The lowest BCUT2D eigenvalue weighted by molar-refractivity contribution is 0.102. The highest BCUT2D eigenvalue weighted by Gasteiger charge is 2.15. The topological polar surface area (TPSA) is 93.8 Å². The van der Waals surface area contributed by atoms with Crippen LogP contribution < -0.4 is 11.1 Å². The zero-order chi connectivity index (χ0) is 14.0. The van der Waals surface area contributed by atoms with E-state index in [1.165, 1.54) is 17.5 Å². The maximum Gasteiger partial charge on any atom is 0.276 e. The van der Waals surface area contributed by atoms with Crippen LogP contribution in [-0.4, -0.2) is 20.9 Å². The average molecular weight is 407 g/mol. The molecule has 100 valence electrons. The lowest BCUT2D eigenvalue weighted by Crippen LogP contribution is -2.15. The van der Waals surface area contributed by atoms with E-state index in [2.05, 4.69) is 52.1 Å². The fraction of sp³-hybridized carbons (Fsp3) is 0.200. The Morgan fingerprint density at radius 1 is 1.47 bits per heavy atom. The number of carbonyl (C=O) groups excluding carboxylic acids is 1. The molecule has 6 nitrogen and oxygen atoms in total. The van der Waals surface area contributed by atoms with Gasteiger partial charge in [0, 0.05) is 5.38 Å². The number of rotatable bonds is 3. The zero-order valence-corrected chi connectivity index (χ0v) is 13.7. The van der Waals surface area contributed by atoms with E-state index >= 15 is 0 Å². The van der Waals surface area contributed by atoms with Gasteiger partial charge in [-0.1, -0.05) is 0 Å². The van der Waals surface area contributed by atoms with Crippen LogP contribution in [0.3, 0.4) is 0 Å². The standard InChI is InChI=1S/C10H9Br2N5OS/c1-4(13)10-15-5(3-19-10)9(18)17-8-7(12)16-6(11)2-14-8/h2-4H,13H2,1H3,(H,14,17,18). The monoisotopic (exact) mass is 405 g/mol. The van der Waals surface area contributed by atoms with Crippen LogP contribution >= 0.6 is 43.2 Å². The van der Waals surface area contributed by atoms with Gasteiger partial charge in [-0.3, -0.25) is 4.79 Å². The van der Waals surface area contributed by atoms with Crippen LogP contribution in [0, 0.1) is 0 Å². The minimum absolute atomic E-state index is 0.189. The summed E-state index contributed by atoms with van der Waals surface area (Å²) in [6.45, 7) is 1.82. The van der Waals surface area contributed by atoms with E-state index < -0.39 is 0 Å². The molecule has 0 saturated heterocycles. The second-order valence-corrected chi connectivity index (χ2v) is 6.10. The highest BCUT2D eigenvalue weighted by molar-refractivity contribution is 9.11. The molecular weight excluding hydrogens is 398 g/mol. The van der Waals surface area contributed by atoms with Crippen molar-refractivity contribution in [1.82, 2.24) is 15.0 Å². The lowest BCUT2D eigenvalue weighted by atomic mass is 10.4. The molecule has 1 unspecified atom stereocenters. The summed E-state index contributed by atoms with van der Waals surface area (Å²) in [6.07, 6.45) is 1.49. The molecule has 0 aliphatic heterocycles. The van der Waals surface area contributed by atoms with Crippen LogP contribution in [0.15, 0.2) is 20.8 Å². The number of hydrogen-bond donors (Lipinski definition) is 2. The third kappa shape index (κ3) is 3.56. The van der Waals surface area contributed by atoms with Crippen molar-refractivity contribution in [3.8, 4) is 0 Å². The number of halogens is 2. The molecule has 0 saturated carbocycles. The minimum Gasteiger partial charge on any atom is -0.322 e. The normalized spacial score (nSPS) is 12.2. The summed E-state index contributed by atoms with van der Waals surface area (Å²) in [5.74, 6) is -0.0102. The second-order valence-electron chi connectivity index (χ2n) is 3.65. The summed E-state index contributed by atoms with van der Waals surface area (Å²) in [7, 11) is 0. The fourth-order valence-corrected chi connectivity index (χ4v) is 2.87. The summed E-state index contributed by atoms with van der Waals surface area (Å²) < 4.78 is 1.02. The number of carbonyl (C=O) groups is 1. The van der Waals surface area contributed by atoms with Crippen LogP contribution in [0.2, 0.25) is 0 Å². The Balaban J connectivity index is 2.16. The van der Waals surface area contributed by atoms with Gasteiger partial charge in [0.15, 0.2) is 5.82 Å². The van der Waals surface area contributed by atoms with Crippen LogP contribution in [0.1, 0.15) is 28.5 Å². The third-order valence-corrected chi connectivity index (χ3v) is 4.06. The predicted molar refractivity (Wildman–Crippen MR) is 80.1 cm³/mol. The maximum absolute atomic E-state index is 12.0. The SMILES string of the molecule is CC(N)c1nc(C(=O)Nc2ncc(Br)nc2Br)cs1. The molecule has 9 heteroatoms. The molecule has 1 atom stereocenters. The number of amides is 1. The van der Waals surface area contributed by atoms with E-state index in [-0.39, 0.29) is 11.9 Å². The van der Waals surface area contributed by atoms with E-state index in [4.69, 9.17) is 5.73 Å². The summed E-state index contributed by atoms with van der Waals surface area (Å²) >= 11 is 7.76. The Kier molecular flexibility index (Phi) is 4.61. The van der Waals surface area contributed by atoms with Gasteiger partial charge < -0.3 is 11.1 Å². The van der Waals surface area contributed by atoms with Gasteiger partial charge in [0.05, 0.1) is 12.2 Å². The van der Waals surface area contributed by atoms with Gasteiger partial charge in [0.1, 0.15) is 19.9 Å². The molecule has 0 spiro atoms. The predicted octanol–water partition coefficient (Wildman–Crippen LogP) is 2.73. The van der Waals surface area contributed by atoms with Crippen LogP contribution in [0.4, 0.5) is 5.82 Å². The Morgan fingerprint density at radius 2 is 2.21 bits per heavy atom. The van der Waals surface area contributed by atoms with Crippen molar-refractivity contribution >= 4 is 54.9 Å².